The van der Waals surface area contributed by atoms with Crippen molar-refractivity contribution in [1.82, 2.24) is 5.32 Å². The van der Waals surface area contributed by atoms with Crippen LogP contribution in [0.15, 0.2) is 0 Å². The van der Waals surface area contributed by atoms with E-state index in [1.807, 2.05) is 0 Å². The zero-order valence-corrected chi connectivity index (χ0v) is 7.63. The van der Waals surface area contributed by atoms with E-state index in [4.69, 9.17) is 4.74 Å². The number of fused-ring (bicyclic) bond motifs is 1. The first-order valence-corrected chi connectivity index (χ1v) is 4.80. The van der Waals surface area contributed by atoms with E-state index in [0.29, 0.717) is 4.83 Å². The van der Waals surface area contributed by atoms with Crippen LogP contribution < -0.4 is 5.32 Å². The zero-order valence-electron chi connectivity index (χ0n) is 6.05. The molecule has 11 heavy (non-hydrogen) atoms. The Morgan fingerprint density at radius 3 is 3.09 bits per heavy atom. The quantitative estimate of drug-likeness (QED) is 0.627. The molecular formula is C7H10BrNO2. The van der Waals surface area contributed by atoms with E-state index in [1.165, 1.54) is 0 Å². The van der Waals surface area contributed by atoms with Crippen molar-refractivity contribution in [3.8, 4) is 0 Å². The third-order valence-corrected chi connectivity index (χ3v) is 3.33. The molecule has 0 bridgehead atoms. The monoisotopic (exact) mass is 219 g/mol. The minimum absolute atomic E-state index is 0.112. The average Bonchev–Trinajstić information content (AvgIpc) is 2.31. The molecule has 1 aliphatic heterocycles. The molecule has 3 nitrogen and oxygen atoms in total. The van der Waals surface area contributed by atoms with Crippen LogP contribution in [0.1, 0.15) is 19.3 Å². The Bertz CT molecular complexity index is 185. The van der Waals surface area contributed by atoms with Gasteiger partial charge in [-0.3, -0.25) is 0 Å². The maximum atomic E-state index is 10.8. The van der Waals surface area contributed by atoms with E-state index in [-0.39, 0.29) is 18.2 Å². The fourth-order valence-corrected chi connectivity index (χ4v) is 2.53. The van der Waals surface area contributed by atoms with Crippen LogP contribution in [0.4, 0.5) is 4.79 Å². The number of alkyl halides is 1. The summed E-state index contributed by atoms with van der Waals surface area (Å²) in [6, 6.07) is 0.205. The number of hydrogen-bond acceptors (Lipinski definition) is 2. The summed E-state index contributed by atoms with van der Waals surface area (Å²) >= 11 is 3.53. The van der Waals surface area contributed by atoms with Crippen LogP contribution in [0.5, 0.6) is 0 Å². The summed E-state index contributed by atoms with van der Waals surface area (Å²) in [4.78, 5) is 11.2. The first-order chi connectivity index (χ1) is 5.27. The van der Waals surface area contributed by atoms with Crippen LogP contribution in [0.25, 0.3) is 0 Å². The number of carbonyl (C=O) groups excluding carboxylic acids is 1. The van der Waals surface area contributed by atoms with Gasteiger partial charge in [-0.05, 0) is 19.3 Å². The first-order valence-electron chi connectivity index (χ1n) is 3.88. The standard InChI is InChI=1S/C7H10BrNO2/c8-4-2-1-3-5-6(4)9-7(10)11-5/h4-6H,1-3H2,(H,9,10)/t4-,5+,6-/m0/s1. The SMILES string of the molecule is O=C1N[C@H]2[C@@H](Br)CCC[C@H]2O1. The number of amides is 1. The normalized spacial score (nSPS) is 42.6. The van der Waals surface area contributed by atoms with Gasteiger partial charge in [0.15, 0.2) is 0 Å². The lowest BCUT2D eigenvalue weighted by molar-refractivity contribution is 0.115. The van der Waals surface area contributed by atoms with Gasteiger partial charge < -0.3 is 10.1 Å². The minimum Gasteiger partial charge on any atom is -0.444 e. The van der Waals surface area contributed by atoms with Crippen molar-refractivity contribution in [2.75, 3.05) is 0 Å². The van der Waals surface area contributed by atoms with E-state index in [9.17, 15) is 4.79 Å². The van der Waals surface area contributed by atoms with Gasteiger partial charge in [-0.2, -0.15) is 0 Å². The predicted octanol–water partition coefficient (Wildman–Crippen LogP) is 1.41. The smallest absolute Gasteiger partial charge is 0.407 e. The van der Waals surface area contributed by atoms with Crippen molar-refractivity contribution in [2.24, 2.45) is 0 Å². The molecule has 0 unspecified atom stereocenters. The lowest BCUT2D eigenvalue weighted by Gasteiger charge is -2.26. The largest absolute Gasteiger partial charge is 0.444 e. The van der Waals surface area contributed by atoms with Crippen molar-refractivity contribution in [1.29, 1.82) is 0 Å². The molecule has 0 aromatic rings. The average molecular weight is 220 g/mol. The number of rotatable bonds is 0. The molecule has 2 aliphatic rings. The number of halogens is 1. The van der Waals surface area contributed by atoms with E-state index >= 15 is 0 Å². The van der Waals surface area contributed by atoms with Gasteiger partial charge in [-0.25, -0.2) is 4.79 Å². The second-order valence-electron chi connectivity index (χ2n) is 3.06. The summed E-state index contributed by atoms with van der Waals surface area (Å²) in [6.07, 6.45) is 3.13. The Morgan fingerprint density at radius 2 is 2.36 bits per heavy atom. The molecule has 0 spiro atoms. The summed E-state index contributed by atoms with van der Waals surface area (Å²) < 4.78 is 5.06. The number of nitrogens with one attached hydrogen (secondary N) is 1. The number of hydrogen-bond donors (Lipinski definition) is 1. The molecule has 0 radical (unpaired) electrons. The highest BCUT2D eigenvalue weighted by molar-refractivity contribution is 9.09. The number of carbonyl (C=O) groups is 1. The van der Waals surface area contributed by atoms with Gasteiger partial charge >= 0.3 is 6.09 Å². The molecule has 4 heteroatoms. The van der Waals surface area contributed by atoms with Crippen molar-refractivity contribution >= 4 is 22.0 Å². The molecule has 0 aromatic carbocycles. The van der Waals surface area contributed by atoms with Crippen molar-refractivity contribution in [2.45, 2.75) is 36.2 Å². The third-order valence-electron chi connectivity index (χ3n) is 2.30. The number of alkyl carbamates (subject to hydrolysis) is 1. The maximum Gasteiger partial charge on any atom is 0.407 e. The summed E-state index contributed by atoms with van der Waals surface area (Å²) in [7, 11) is 0. The van der Waals surface area contributed by atoms with Gasteiger partial charge in [-0.15, -0.1) is 0 Å². The van der Waals surface area contributed by atoms with Crippen LogP contribution in [-0.4, -0.2) is 23.1 Å². The molecule has 1 amide bonds. The molecule has 1 saturated carbocycles. The predicted molar refractivity (Wildman–Crippen MR) is 43.8 cm³/mol. The highest BCUT2D eigenvalue weighted by Crippen LogP contribution is 2.29. The molecule has 1 aliphatic carbocycles. The molecule has 1 heterocycles. The Hall–Kier alpha value is -0.250. The van der Waals surface area contributed by atoms with Crippen molar-refractivity contribution in [3.05, 3.63) is 0 Å². The Morgan fingerprint density at radius 1 is 1.55 bits per heavy atom. The fraction of sp³-hybridized carbons (Fsp3) is 0.857. The molecule has 1 N–H and O–H groups in total. The van der Waals surface area contributed by atoms with Gasteiger partial charge in [0.1, 0.15) is 6.10 Å². The van der Waals surface area contributed by atoms with Crippen LogP contribution >= 0.6 is 15.9 Å². The molecule has 2 rings (SSSR count). The summed E-state index contributed by atoms with van der Waals surface area (Å²) in [5, 5.41) is 2.80. The lowest BCUT2D eigenvalue weighted by atomic mass is 9.93. The van der Waals surface area contributed by atoms with Crippen molar-refractivity contribution < 1.29 is 9.53 Å². The van der Waals surface area contributed by atoms with Crippen molar-refractivity contribution in [3.63, 3.8) is 0 Å². The Labute approximate surface area is 73.6 Å². The molecule has 2 fully saturated rings. The van der Waals surface area contributed by atoms with Gasteiger partial charge in [-0.1, -0.05) is 15.9 Å². The molecule has 62 valence electrons. The van der Waals surface area contributed by atoms with Crippen LogP contribution in [0.2, 0.25) is 0 Å². The van der Waals surface area contributed by atoms with E-state index in [2.05, 4.69) is 21.2 Å². The first kappa shape index (κ1) is 7.40. The lowest BCUT2D eigenvalue weighted by Crippen LogP contribution is -2.42. The summed E-state index contributed by atoms with van der Waals surface area (Å²) in [5.41, 5.74) is 0. The highest BCUT2D eigenvalue weighted by atomic mass is 79.9. The van der Waals surface area contributed by atoms with Crippen LogP contribution in [-0.2, 0) is 4.74 Å². The van der Waals surface area contributed by atoms with Gasteiger partial charge in [0.2, 0.25) is 0 Å². The maximum absolute atomic E-state index is 10.8. The van der Waals surface area contributed by atoms with E-state index < -0.39 is 0 Å². The third kappa shape index (κ3) is 1.24. The molecule has 1 saturated heterocycles. The zero-order chi connectivity index (χ0) is 7.84. The minimum atomic E-state index is -0.258. The Kier molecular flexibility index (Phi) is 1.79. The number of ether oxygens (including phenoxy) is 1. The van der Waals surface area contributed by atoms with E-state index in [1.54, 1.807) is 0 Å². The van der Waals surface area contributed by atoms with E-state index in [0.717, 1.165) is 19.3 Å². The Balaban J connectivity index is 2.09. The second-order valence-corrected chi connectivity index (χ2v) is 4.24. The second kappa shape index (κ2) is 2.66. The summed E-state index contributed by atoms with van der Waals surface area (Å²) in [6.45, 7) is 0. The van der Waals surface area contributed by atoms with Gasteiger partial charge in [0.05, 0.1) is 6.04 Å². The molecule has 0 aromatic heterocycles. The van der Waals surface area contributed by atoms with Gasteiger partial charge in [0, 0.05) is 4.83 Å². The fourth-order valence-electron chi connectivity index (χ4n) is 1.73. The van der Waals surface area contributed by atoms with Gasteiger partial charge in [0.25, 0.3) is 0 Å². The topological polar surface area (TPSA) is 38.3 Å². The molecular weight excluding hydrogens is 210 g/mol. The highest BCUT2D eigenvalue weighted by Gasteiger charge is 2.40. The van der Waals surface area contributed by atoms with Crippen LogP contribution in [0, 0.1) is 0 Å². The van der Waals surface area contributed by atoms with Crippen LogP contribution in [0.3, 0.4) is 0 Å². The summed E-state index contributed by atoms with van der Waals surface area (Å²) in [5.74, 6) is 0. The molecule has 3 atom stereocenters.